The standard InChI is InChI=1S/C24H27BrCl2N2O3/c1-2-22(24(31)28-18-5-3-4-6-18)29(14-16-7-12-20(26)21(27)13-16)23(30)15-32-19-10-8-17(25)9-11-19/h7-13,18,22H,2-6,14-15H2,1H3,(H,28,31)/t22-/m1/s1. The van der Waals surface area contributed by atoms with Gasteiger partial charge in [-0.3, -0.25) is 9.59 Å². The summed E-state index contributed by atoms with van der Waals surface area (Å²) in [4.78, 5) is 27.9. The molecule has 2 amide bonds. The molecule has 0 heterocycles. The van der Waals surface area contributed by atoms with E-state index in [9.17, 15) is 9.59 Å². The minimum Gasteiger partial charge on any atom is -0.484 e. The number of carbonyl (C=O) groups excluding carboxylic acids is 2. The highest BCUT2D eigenvalue weighted by atomic mass is 79.9. The molecule has 2 aromatic carbocycles. The average molecular weight is 542 g/mol. The zero-order valence-corrected chi connectivity index (χ0v) is 21.0. The maximum atomic E-state index is 13.2. The van der Waals surface area contributed by atoms with Crippen molar-refractivity contribution in [1.29, 1.82) is 0 Å². The first-order valence-corrected chi connectivity index (χ1v) is 12.3. The molecule has 1 aliphatic rings. The van der Waals surface area contributed by atoms with Crippen LogP contribution in [0.2, 0.25) is 10.0 Å². The van der Waals surface area contributed by atoms with Crippen molar-refractivity contribution in [2.45, 2.75) is 57.7 Å². The Labute approximate surface area is 207 Å². The minimum absolute atomic E-state index is 0.128. The summed E-state index contributed by atoms with van der Waals surface area (Å²) >= 11 is 15.6. The molecule has 0 bridgehead atoms. The smallest absolute Gasteiger partial charge is 0.261 e. The highest BCUT2D eigenvalue weighted by molar-refractivity contribution is 9.10. The van der Waals surface area contributed by atoms with Crippen LogP contribution in [0, 0.1) is 0 Å². The second-order valence-electron chi connectivity index (χ2n) is 7.93. The van der Waals surface area contributed by atoms with E-state index >= 15 is 0 Å². The van der Waals surface area contributed by atoms with E-state index in [0.717, 1.165) is 35.7 Å². The molecule has 32 heavy (non-hydrogen) atoms. The molecule has 1 aliphatic carbocycles. The van der Waals surface area contributed by atoms with E-state index in [1.54, 1.807) is 29.2 Å². The van der Waals surface area contributed by atoms with Gasteiger partial charge >= 0.3 is 0 Å². The Morgan fingerprint density at radius 2 is 1.81 bits per heavy atom. The van der Waals surface area contributed by atoms with E-state index in [1.165, 1.54) is 0 Å². The highest BCUT2D eigenvalue weighted by Gasteiger charge is 2.31. The molecule has 1 atom stereocenters. The van der Waals surface area contributed by atoms with Gasteiger partial charge in [-0.2, -0.15) is 0 Å². The molecule has 0 unspecified atom stereocenters. The van der Waals surface area contributed by atoms with Crippen molar-refractivity contribution in [1.82, 2.24) is 10.2 Å². The molecule has 1 saturated carbocycles. The summed E-state index contributed by atoms with van der Waals surface area (Å²) in [6, 6.07) is 12.1. The van der Waals surface area contributed by atoms with Crippen LogP contribution in [-0.2, 0) is 16.1 Å². The predicted molar refractivity (Wildman–Crippen MR) is 131 cm³/mol. The van der Waals surface area contributed by atoms with E-state index in [2.05, 4.69) is 21.2 Å². The number of amides is 2. The molecule has 0 aliphatic heterocycles. The summed E-state index contributed by atoms with van der Waals surface area (Å²) in [5.74, 6) is 0.184. The molecule has 172 valence electrons. The zero-order chi connectivity index (χ0) is 23.1. The fourth-order valence-electron chi connectivity index (χ4n) is 3.88. The van der Waals surface area contributed by atoms with Crippen LogP contribution in [0.3, 0.4) is 0 Å². The zero-order valence-electron chi connectivity index (χ0n) is 18.0. The quantitative estimate of drug-likeness (QED) is 0.423. The Balaban J connectivity index is 1.77. The number of benzene rings is 2. The Hall–Kier alpha value is -1.76. The van der Waals surface area contributed by atoms with E-state index < -0.39 is 6.04 Å². The lowest BCUT2D eigenvalue weighted by Crippen LogP contribution is -2.52. The molecule has 0 radical (unpaired) electrons. The first-order valence-electron chi connectivity index (χ1n) is 10.8. The second-order valence-corrected chi connectivity index (χ2v) is 9.66. The third kappa shape index (κ3) is 6.87. The largest absolute Gasteiger partial charge is 0.484 e. The van der Waals surface area contributed by atoms with E-state index in [-0.39, 0.29) is 31.0 Å². The van der Waals surface area contributed by atoms with Crippen molar-refractivity contribution in [2.24, 2.45) is 0 Å². The van der Waals surface area contributed by atoms with Gasteiger partial charge in [0, 0.05) is 17.1 Å². The van der Waals surface area contributed by atoms with E-state index in [1.807, 2.05) is 25.1 Å². The number of ether oxygens (including phenoxy) is 1. The van der Waals surface area contributed by atoms with Crippen LogP contribution >= 0.6 is 39.1 Å². The number of nitrogens with zero attached hydrogens (tertiary/aromatic N) is 1. The van der Waals surface area contributed by atoms with Gasteiger partial charge in [0.15, 0.2) is 6.61 Å². The molecule has 0 aromatic heterocycles. The van der Waals surface area contributed by atoms with Gasteiger partial charge in [0.2, 0.25) is 5.91 Å². The van der Waals surface area contributed by atoms with Crippen LogP contribution in [0.1, 0.15) is 44.6 Å². The predicted octanol–water partition coefficient (Wildman–Crippen LogP) is 6.00. The molecule has 1 N–H and O–H groups in total. The van der Waals surface area contributed by atoms with Gasteiger partial charge in [0.05, 0.1) is 10.0 Å². The minimum atomic E-state index is -0.605. The fraction of sp³-hybridized carbons (Fsp3) is 0.417. The SMILES string of the molecule is CC[C@H](C(=O)NC1CCCC1)N(Cc1ccc(Cl)c(Cl)c1)C(=O)COc1ccc(Br)cc1. The summed E-state index contributed by atoms with van der Waals surface area (Å²) in [6.07, 6.45) is 4.69. The van der Waals surface area contributed by atoms with E-state index in [0.29, 0.717) is 22.2 Å². The number of nitrogens with one attached hydrogen (secondary N) is 1. The van der Waals surface area contributed by atoms with Crippen molar-refractivity contribution >= 4 is 50.9 Å². The summed E-state index contributed by atoms with van der Waals surface area (Å²) in [7, 11) is 0. The van der Waals surface area contributed by atoms with Crippen molar-refractivity contribution in [3.63, 3.8) is 0 Å². The molecule has 8 heteroatoms. The Morgan fingerprint density at radius 1 is 1.12 bits per heavy atom. The normalized spacial score (nSPS) is 14.8. The maximum Gasteiger partial charge on any atom is 0.261 e. The second kappa shape index (κ2) is 11.9. The van der Waals surface area contributed by atoms with Gasteiger partial charge < -0.3 is 15.0 Å². The number of carbonyl (C=O) groups is 2. The first kappa shape index (κ1) is 24.9. The van der Waals surface area contributed by atoms with Crippen LogP contribution in [-0.4, -0.2) is 35.4 Å². The summed E-state index contributed by atoms with van der Waals surface area (Å²) in [5, 5.41) is 3.98. The highest BCUT2D eigenvalue weighted by Crippen LogP contribution is 2.25. The lowest BCUT2D eigenvalue weighted by atomic mass is 10.1. The molecule has 3 rings (SSSR count). The molecular formula is C24H27BrCl2N2O3. The fourth-order valence-corrected chi connectivity index (χ4v) is 4.47. The number of hydrogen-bond donors (Lipinski definition) is 1. The van der Waals surface area contributed by atoms with Gasteiger partial charge in [0.1, 0.15) is 11.8 Å². The van der Waals surface area contributed by atoms with Crippen molar-refractivity contribution in [2.75, 3.05) is 6.61 Å². The van der Waals surface area contributed by atoms with Crippen LogP contribution in [0.15, 0.2) is 46.9 Å². The van der Waals surface area contributed by atoms with Gasteiger partial charge in [0.25, 0.3) is 5.91 Å². The molecule has 1 fully saturated rings. The van der Waals surface area contributed by atoms with Crippen molar-refractivity contribution < 1.29 is 14.3 Å². The van der Waals surface area contributed by atoms with E-state index in [4.69, 9.17) is 27.9 Å². The van der Waals surface area contributed by atoms with Crippen LogP contribution in [0.4, 0.5) is 0 Å². The van der Waals surface area contributed by atoms with Gasteiger partial charge in [-0.05, 0) is 61.2 Å². The van der Waals surface area contributed by atoms with Crippen molar-refractivity contribution in [3.05, 3.63) is 62.5 Å². The monoisotopic (exact) mass is 540 g/mol. The molecule has 2 aromatic rings. The Kier molecular flexibility index (Phi) is 9.26. The van der Waals surface area contributed by atoms with Crippen LogP contribution in [0.5, 0.6) is 5.75 Å². The Morgan fingerprint density at radius 3 is 2.44 bits per heavy atom. The summed E-state index contributed by atoms with van der Waals surface area (Å²) < 4.78 is 6.62. The lowest BCUT2D eigenvalue weighted by Gasteiger charge is -2.31. The van der Waals surface area contributed by atoms with Gasteiger partial charge in [-0.15, -0.1) is 0 Å². The number of halogens is 3. The van der Waals surface area contributed by atoms with Crippen LogP contribution < -0.4 is 10.1 Å². The third-order valence-corrected chi connectivity index (χ3v) is 6.87. The van der Waals surface area contributed by atoms with Crippen molar-refractivity contribution in [3.8, 4) is 5.75 Å². The topological polar surface area (TPSA) is 58.6 Å². The average Bonchev–Trinajstić information content (AvgIpc) is 3.28. The van der Waals surface area contributed by atoms with Gasteiger partial charge in [-0.1, -0.05) is 65.0 Å². The summed E-state index contributed by atoms with van der Waals surface area (Å²) in [5.41, 5.74) is 0.795. The number of hydrogen-bond acceptors (Lipinski definition) is 3. The first-order chi connectivity index (χ1) is 15.4. The van der Waals surface area contributed by atoms with Gasteiger partial charge in [-0.25, -0.2) is 0 Å². The maximum absolute atomic E-state index is 13.2. The summed E-state index contributed by atoms with van der Waals surface area (Å²) in [6.45, 7) is 1.97. The molecule has 0 saturated heterocycles. The molecule has 0 spiro atoms. The lowest BCUT2D eigenvalue weighted by molar-refractivity contribution is -0.143. The molecular weight excluding hydrogens is 515 g/mol. The Bertz CT molecular complexity index is 933. The number of rotatable bonds is 9. The van der Waals surface area contributed by atoms with Crippen LogP contribution in [0.25, 0.3) is 0 Å². The third-order valence-electron chi connectivity index (χ3n) is 5.60. The molecule has 5 nitrogen and oxygen atoms in total.